The molecule has 2 nitrogen and oxygen atoms in total. The minimum atomic E-state index is 0.0555. The maximum Gasteiger partial charge on any atom is 0.0550 e. The van der Waals surface area contributed by atoms with Crippen molar-refractivity contribution in [3.63, 3.8) is 0 Å². The van der Waals surface area contributed by atoms with Crippen LogP contribution >= 0.6 is 0 Å². The number of nitrogens with zero attached hydrogens (tertiary/aromatic N) is 2. The van der Waals surface area contributed by atoms with Crippen LogP contribution in [0.15, 0.2) is 9.98 Å². The molecule has 0 aromatic carbocycles. The molecule has 244 valence electrons. The number of rotatable bonds is 30. The molecule has 0 spiro atoms. The molecular formula is C39H78N2. The number of unbranched alkanes of at least 4 members (excludes halogenated alkanes) is 21. The zero-order chi connectivity index (χ0) is 30.5. The molecule has 0 fully saturated rings. The van der Waals surface area contributed by atoms with Crippen LogP contribution in [0.25, 0.3) is 0 Å². The van der Waals surface area contributed by atoms with Gasteiger partial charge in [-0.3, -0.25) is 9.98 Å². The Hall–Kier alpha value is -0.660. The van der Waals surface area contributed by atoms with Crippen LogP contribution in [0, 0.1) is 5.92 Å². The fourth-order valence-corrected chi connectivity index (χ4v) is 6.08. The smallest absolute Gasteiger partial charge is 0.0550 e. The SMILES string of the molecule is CCCCCCCCC=NC(C)(C)CC(CCCC=NC(C)(C)C)CCCCCCCCCCCCCCCCC. The van der Waals surface area contributed by atoms with E-state index in [1.54, 1.807) is 0 Å². The summed E-state index contributed by atoms with van der Waals surface area (Å²) in [6, 6.07) is 0. The number of aliphatic imine (C=N–C) groups is 2. The number of hydrogen-bond donors (Lipinski definition) is 0. The van der Waals surface area contributed by atoms with E-state index in [2.05, 4.69) is 60.9 Å². The highest BCUT2D eigenvalue weighted by molar-refractivity contribution is 5.58. The Morgan fingerprint density at radius 2 is 0.805 bits per heavy atom. The summed E-state index contributed by atoms with van der Waals surface area (Å²) >= 11 is 0. The van der Waals surface area contributed by atoms with Gasteiger partial charge in [0.25, 0.3) is 0 Å². The molecule has 0 radical (unpaired) electrons. The molecule has 0 saturated carbocycles. The molecule has 0 aliphatic carbocycles. The van der Waals surface area contributed by atoms with E-state index >= 15 is 0 Å². The van der Waals surface area contributed by atoms with Gasteiger partial charge in [0.05, 0.1) is 11.1 Å². The van der Waals surface area contributed by atoms with Gasteiger partial charge >= 0.3 is 0 Å². The lowest BCUT2D eigenvalue weighted by Gasteiger charge is -2.27. The second kappa shape index (κ2) is 28.1. The minimum absolute atomic E-state index is 0.0555. The predicted octanol–water partition coefficient (Wildman–Crippen LogP) is 13.9. The van der Waals surface area contributed by atoms with E-state index in [1.807, 2.05) is 0 Å². The summed E-state index contributed by atoms with van der Waals surface area (Å²) in [5.74, 6) is 0.793. The van der Waals surface area contributed by atoms with Crippen molar-refractivity contribution in [2.75, 3.05) is 0 Å². The average Bonchev–Trinajstić information content (AvgIpc) is 2.91. The van der Waals surface area contributed by atoms with Gasteiger partial charge < -0.3 is 0 Å². The van der Waals surface area contributed by atoms with Gasteiger partial charge in [-0.2, -0.15) is 0 Å². The topological polar surface area (TPSA) is 24.7 Å². The van der Waals surface area contributed by atoms with Crippen LogP contribution < -0.4 is 0 Å². The van der Waals surface area contributed by atoms with Crippen LogP contribution in [-0.4, -0.2) is 23.5 Å². The molecule has 41 heavy (non-hydrogen) atoms. The van der Waals surface area contributed by atoms with Crippen LogP contribution in [0.2, 0.25) is 0 Å². The Kier molecular flexibility index (Phi) is 27.7. The van der Waals surface area contributed by atoms with Crippen LogP contribution in [0.4, 0.5) is 0 Å². The Morgan fingerprint density at radius 1 is 0.439 bits per heavy atom. The third-order valence-corrected chi connectivity index (χ3v) is 8.56. The first-order valence-electron chi connectivity index (χ1n) is 18.8. The molecule has 1 unspecified atom stereocenters. The van der Waals surface area contributed by atoms with E-state index in [0.717, 1.165) is 18.8 Å². The zero-order valence-corrected chi connectivity index (χ0v) is 29.7. The first kappa shape index (κ1) is 40.3. The van der Waals surface area contributed by atoms with E-state index in [4.69, 9.17) is 9.98 Å². The van der Waals surface area contributed by atoms with Gasteiger partial charge in [0.2, 0.25) is 0 Å². The minimum Gasteiger partial charge on any atom is -0.292 e. The zero-order valence-electron chi connectivity index (χ0n) is 29.7. The molecule has 1 atom stereocenters. The predicted molar refractivity (Wildman–Crippen MR) is 190 cm³/mol. The van der Waals surface area contributed by atoms with Crippen molar-refractivity contribution in [3.8, 4) is 0 Å². The van der Waals surface area contributed by atoms with Gasteiger partial charge in [-0.25, -0.2) is 0 Å². The largest absolute Gasteiger partial charge is 0.292 e. The molecule has 2 heteroatoms. The average molecular weight is 575 g/mol. The standard InChI is InChI=1S/C39H78N2/c1-8-10-12-14-16-17-18-19-20-21-22-23-24-26-28-32-37(33-29-31-34-40-38(3,4)5)36-39(6,7)41-35-30-27-25-15-13-11-9-2/h34-35,37H,8-33,36H2,1-7H3. The lowest BCUT2D eigenvalue weighted by molar-refractivity contribution is 0.316. The van der Waals surface area contributed by atoms with Crippen molar-refractivity contribution in [1.82, 2.24) is 0 Å². The molecule has 0 aromatic rings. The van der Waals surface area contributed by atoms with Gasteiger partial charge in [0.15, 0.2) is 0 Å². The summed E-state index contributed by atoms with van der Waals surface area (Å²) in [5, 5.41) is 0. The summed E-state index contributed by atoms with van der Waals surface area (Å²) < 4.78 is 0. The molecule has 0 aliphatic rings. The third-order valence-electron chi connectivity index (χ3n) is 8.56. The van der Waals surface area contributed by atoms with Crippen molar-refractivity contribution in [2.45, 2.75) is 233 Å². The lowest BCUT2D eigenvalue weighted by Crippen LogP contribution is -2.22. The first-order valence-corrected chi connectivity index (χ1v) is 18.8. The highest BCUT2D eigenvalue weighted by Gasteiger charge is 2.21. The number of hydrogen-bond acceptors (Lipinski definition) is 2. The molecule has 0 aromatic heterocycles. The van der Waals surface area contributed by atoms with Crippen molar-refractivity contribution in [1.29, 1.82) is 0 Å². The van der Waals surface area contributed by atoms with Gasteiger partial charge in [0, 0.05) is 0 Å². The quantitative estimate of drug-likeness (QED) is 0.0602. The molecule has 0 amide bonds. The van der Waals surface area contributed by atoms with Gasteiger partial charge in [-0.05, 0) is 85.1 Å². The highest BCUT2D eigenvalue weighted by atomic mass is 14.8. The second-order valence-electron chi connectivity index (χ2n) is 14.9. The van der Waals surface area contributed by atoms with Crippen molar-refractivity contribution < 1.29 is 0 Å². The molecule has 0 rings (SSSR count). The summed E-state index contributed by atoms with van der Waals surface area (Å²) in [6.45, 7) is 15.9. The van der Waals surface area contributed by atoms with E-state index in [0.29, 0.717) is 0 Å². The fraction of sp³-hybridized carbons (Fsp3) is 0.949. The van der Waals surface area contributed by atoms with Crippen molar-refractivity contribution in [2.24, 2.45) is 15.9 Å². The summed E-state index contributed by atoms with van der Waals surface area (Å²) in [6.07, 6.45) is 41.7. The normalized spacial score (nSPS) is 13.6. The van der Waals surface area contributed by atoms with E-state index in [-0.39, 0.29) is 11.1 Å². The first-order chi connectivity index (χ1) is 19.7. The monoisotopic (exact) mass is 575 g/mol. The molecule has 0 bridgehead atoms. The second-order valence-corrected chi connectivity index (χ2v) is 14.9. The summed E-state index contributed by atoms with van der Waals surface area (Å²) in [5.41, 5.74) is 0.127. The maximum absolute atomic E-state index is 5.08. The Balaban J connectivity index is 4.23. The van der Waals surface area contributed by atoms with Crippen LogP contribution in [0.1, 0.15) is 222 Å². The van der Waals surface area contributed by atoms with E-state index in [1.165, 1.54) is 161 Å². The Morgan fingerprint density at radius 3 is 1.27 bits per heavy atom. The van der Waals surface area contributed by atoms with E-state index < -0.39 is 0 Å². The molecule has 0 N–H and O–H groups in total. The van der Waals surface area contributed by atoms with Crippen LogP contribution in [0.5, 0.6) is 0 Å². The highest BCUT2D eigenvalue weighted by Crippen LogP contribution is 2.29. The van der Waals surface area contributed by atoms with Gasteiger partial charge in [0.1, 0.15) is 0 Å². The van der Waals surface area contributed by atoms with Crippen LogP contribution in [0.3, 0.4) is 0 Å². The molecular weight excluding hydrogens is 496 g/mol. The van der Waals surface area contributed by atoms with Crippen molar-refractivity contribution in [3.05, 3.63) is 0 Å². The third kappa shape index (κ3) is 32.1. The molecule has 0 saturated heterocycles. The maximum atomic E-state index is 5.08. The summed E-state index contributed by atoms with van der Waals surface area (Å²) in [7, 11) is 0. The molecule has 0 aliphatic heterocycles. The molecule has 0 heterocycles. The summed E-state index contributed by atoms with van der Waals surface area (Å²) in [4.78, 5) is 9.78. The Labute approximate surface area is 260 Å². The van der Waals surface area contributed by atoms with E-state index in [9.17, 15) is 0 Å². The fourth-order valence-electron chi connectivity index (χ4n) is 6.08. The lowest BCUT2D eigenvalue weighted by atomic mass is 9.84. The van der Waals surface area contributed by atoms with Gasteiger partial charge in [-0.1, -0.05) is 155 Å². The van der Waals surface area contributed by atoms with Crippen LogP contribution in [-0.2, 0) is 0 Å². The van der Waals surface area contributed by atoms with Gasteiger partial charge in [-0.15, -0.1) is 0 Å². The van der Waals surface area contributed by atoms with Crippen molar-refractivity contribution >= 4 is 12.4 Å². The Bertz CT molecular complexity index is 583.